The fraction of sp³-hybridized carbons (Fsp3) is 0.857. The fourth-order valence-corrected chi connectivity index (χ4v) is 2.32. The summed E-state index contributed by atoms with van der Waals surface area (Å²) in [5.41, 5.74) is 0.0542. The normalized spacial score (nSPS) is 20.6. The smallest absolute Gasteiger partial charge is 0.0501 e. The van der Waals surface area contributed by atoms with Gasteiger partial charge in [-0.15, -0.1) is 0 Å². The first-order valence-corrected chi connectivity index (χ1v) is 6.62. The maximum absolute atomic E-state index is 9.60. The molecular weight excluding hydrogens is 214 g/mol. The fourth-order valence-electron chi connectivity index (χ4n) is 2.32. The minimum absolute atomic E-state index is 0.0542. The van der Waals surface area contributed by atoms with Crippen LogP contribution >= 0.6 is 0 Å². The summed E-state index contributed by atoms with van der Waals surface area (Å²) < 4.78 is 5.38. The highest BCUT2D eigenvalue weighted by Crippen LogP contribution is 2.30. The van der Waals surface area contributed by atoms with Crippen LogP contribution in [0, 0.1) is 11.3 Å². The van der Waals surface area contributed by atoms with Crippen LogP contribution in [0.25, 0.3) is 0 Å². The van der Waals surface area contributed by atoms with Gasteiger partial charge in [-0.05, 0) is 25.8 Å². The second kappa shape index (κ2) is 7.14. The van der Waals surface area contributed by atoms with Crippen molar-refractivity contribution in [2.45, 2.75) is 26.7 Å². The van der Waals surface area contributed by atoms with Crippen LogP contribution in [0.5, 0.6) is 0 Å². The molecule has 17 heavy (non-hydrogen) atoms. The zero-order valence-corrected chi connectivity index (χ0v) is 11.5. The zero-order chi connectivity index (χ0) is 12.7. The first-order chi connectivity index (χ1) is 8.08. The van der Waals surface area contributed by atoms with E-state index in [1.54, 1.807) is 0 Å². The Bertz CT molecular complexity index is 232. The highest BCUT2D eigenvalue weighted by atomic mass is 16.5. The summed E-state index contributed by atoms with van der Waals surface area (Å²) in [6.45, 7) is 8.13. The number of hydrogen-bond donors (Lipinski definition) is 1. The summed E-state index contributed by atoms with van der Waals surface area (Å²) >= 11 is 0. The van der Waals surface area contributed by atoms with Crippen LogP contribution < -0.4 is 0 Å². The van der Waals surface area contributed by atoms with Gasteiger partial charge < -0.3 is 14.7 Å². The molecule has 0 aromatic heterocycles. The van der Waals surface area contributed by atoms with Crippen LogP contribution in [-0.4, -0.2) is 50.0 Å². The summed E-state index contributed by atoms with van der Waals surface area (Å²) in [6.07, 6.45) is 6.39. The van der Waals surface area contributed by atoms with Gasteiger partial charge in [-0.25, -0.2) is 0 Å². The van der Waals surface area contributed by atoms with Crippen molar-refractivity contribution >= 4 is 0 Å². The number of ether oxygens (including phenoxy) is 1. The quantitative estimate of drug-likeness (QED) is 0.721. The Morgan fingerprint density at radius 2 is 2.00 bits per heavy atom. The van der Waals surface area contributed by atoms with Gasteiger partial charge in [0.05, 0.1) is 6.61 Å². The van der Waals surface area contributed by atoms with Gasteiger partial charge in [0, 0.05) is 31.7 Å². The standard InChI is InChI=1S/C14H27NO2/c1-13(2)5-4-8-15(3)11-14(12-16)6-9-17-10-7-14/h4-5,13,16H,6-12H2,1-3H3. The van der Waals surface area contributed by atoms with Gasteiger partial charge in [-0.3, -0.25) is 0 Å². The average Bonchev–Trinajstić information content (AvgIpc) is 2.29. The summed E-state index contributed by atoms with van der Waals surface area (Å²) in [4.78, 5) is 2.29. The molecule has 0 aliphatic carbocycles. The Hall–Kier alpha value is -0.380. The van der Waals surface area contributed by atoms with Crippen LogP contribution in [0.15, 0.2) is 12.2 Å². The van der Waals surface area contributed by atoms with E-state index in [0.29, 0.717) is 5.92 Å². The van der Waals surface area contributed by atoms with E-state index in [0.717, 1.165) is 39.1 Å². The molecule has 1 fully saturated rings. The van der Waals surface area contributed by atoms with Crippen molar-refractivity contribution in [1.29, 1.82) is 0 Å². The molecular formula is C14H27NO2. The second-order valence-electron chi connectivity index (χ2n) is 5.64. The van der Waals surface area contributed by atoms with E-state index >= 15 is 0 Å². The van der Waals surface area contributed by atoms with Crippen LogP contribution in [0.4, 0.5) is 0 Å². The van der Waals surface area contributed by atoms with Gasteiger partial charge in [-0.1, -0.05) is 26.0 Å². The van der Waals surface area contributed by atoms with Crippen molar-refractivity contribution in [3.05, 3.63) is 12.2 Å². The maximum Gasteiger partial charge on any atom is 0.0501 e. The lowest BCUT2D eigenvalue weighted by Crippen LogP contribution is -2.42. The highest BCUT2D eigenvalue weighted by molar-refractivity contribution is 4.89. The van der Waals surface area contributed by atoms with Crippen LogP contribution in [0.1, 0.15) is 26.7 Å². The summed E-state index contributed by atoms with van der Waals surface area (Å²) in [6, 6.07) is 0. The molecule has 0 aromatic carbocycles. The van der Waals surface area contributed by atoms with Gasteiger partial charge in [0.1, 0.15) is 0 Å². The Labute approximate surface area is 105 Å². The van der Waals surface area contributed by atoms with E-state index in [-0.39, 0.29) is 12.0 Å². The molecule has 1 aliphatic heterocycles. The van der Waals surface area contributed by atoms with Crippen molar-refractivity contribution in [3.8, 4) is 0 Å². The lowest BCUT2D eigenvalue weighted by molar-refractivity contribution is -0.0295. The monoisotopic (exact) mass is 241 g/mol. The molecule has 100 valence electrons. The number of likely N-dealkylation sites (N-methyl/N-ethyl adjacent to an activating group) is 1. The van der Waals surface area contributed by atoms with Crippen LogP contribution in [0.3, 0.4) is 0 Å². The number of allylic oxidation sites excluding steroid dienone is 1. The molecule has 3 heteroatoms. The Kier molecular flexibility index (Phi) is 6.17. The summed E-state index contributed by atoms with van der Waals surface area (Å²) in [5, 5.41) is 9.60. The van der Waals surface area contributed by atoms with E-state index in [4.69, 9.17) is 4.74 Å². The zero-order valence-electron chi connectivity index (χ0n) is 11.5. The summed E-state index contributed by atoms with van der Waals surface area (Å²) in [7, 11) is 2.12. The van der Waals surface area contributed by atoms with Crippen LogP contribution in [0.2, 0.25) is 0 Å². The summed E-state index contributed by atoms with van der Waals surface area (Å²) in [5.74, 6) is 0.610. The topological polar surface area (TPSA) is 32.7 Å². The number of hydrogen-bond acceptors (Lipinski definition) is 3. The molecule has 1 rings (SSSR count). The lowest BCUT2D eigenvalue weighted by Gasteiger charge is -2.38. The molecule has 3 nitrogen and oxygen atoms in total. The second-order valence-corrected chi connectivity index (χ2v) is 5.64. The first kappa shape index (κ1) is 14.7. The maximum atomic E-state index is 9.60. The molecule has 0 spiro atoms. The van der Waals surface area contributed by atoms with Gasteiger partial charge >= 0.3 is 0 Å². The molecule has 0 atom stereocenters. The number of aliphatic hydroxyl groups is 1. The first-order valence-electron chi connectivity index (χ1n) is 6.62. The van der Waals surface area contributed by atoms with Crippen molar-refractivity contribution in [3.63, 3.8) is 0 Å². The van der Waals surface area contributed by atoms with Gasteiger partial charge in [0.25, 0.3) is 0 Å². The molecule has 1 saturated heterocycles. The third-order valence-corrected chi connectivity index (χ3v) is 3.43. The third-order valence-electron chi connectivity index (χ3n) is 3.43. The van der Waals surface area contributed by atoms with Gasteiger partial charge in [-0.2, -0.15) is 0 Å². The van der Waals surface area contributed by atoms with E-state index < -0.39 is 0 Å². The molecule has 1 heterocycles. The molecule has 1 aliphatic rings. The molecule has 0 aromatic rings. The van der Waals surface area contributed by atoms with Crippen molar-refractivity contribution in [2.75, 3.05) is 40.0 Å². The molecule has 0 saturated carbocycles. The van der Waals surface area contributed by atoms with E-state index in [1.165, 1.54) is 0 Å². The minimum Gasteiger partial charge on any atom is -0.396 e. The van der Waals surface area contributed by atoms with Crippen molar-refractivity contribution < 1.29 is 9.84 Å². The lowest BCUT2D eigenvalue weighted by atomic mass is 9.80. The third kappa shape index (κ3) is 5.19. The van der Waals surface area contributed by atoms with E-state index in [1.807, 2.05) is 0 Å². The van der Waals surface area contributed by atoms with Gasteiger partial charge in [0.15, 0.2) is 0 Å². The predicted octanol–water partition coefficient (Wildman–Crippen LogP) is 1.92. The van der Waals surface area contributed by atoms with E-state index in [2.05, 4.69) is 37.9 Å². The molecule has 0 radical (unpaired) electrons. The molecule has 0 amide bonds. The van der Waals surface area contributed by atoms with Crippen LogP contribution in [-0.2, 0) is 4.74 Å². The number of aliphatic hydroxyl groups excluding tert-OH is 1. The Morgan fingerprint density at radius 3 is 2.53 bits per heavy atom. The Balaban J connectivity index is 2.39. The minimum atomic E-state index is 0.0542. The average molecular weight is 241 g/mol. The highest BCUT2D eigenvalue weighted by Gasteiger charge is 2.32. The van der Waals surface area contributed by atoms with E-state index in [9.17, 15) is 5.11 Å². The predicted molar refractivity (Wildman–Crippen MR) is 71.0 cm³/mol. The number of nitrogens with zero attached hydrogens (tertiary/aromatic N) is 1. The van der Waals surface area contributed by atoms with Crippen molar-refractivity contribution in [2.24, 2.45) is 11.3 Å². The SMILES string of the molecule is CC(C)C=CCN(C)CC1(CO)CCOCC1. The molecule has 1 N–H and O–H groups in total. The van der Waals surface area contributed by atoms with Crippen molar-refractivity contribution in [1.82, 2.24) is 4.90 Å². The molecule has 0 unspecified atom stereocenters. The largest absolute Gasteiger partial charge is 0.396 e. The Morgan fingerprint density at radius 1 is 1.35 bits per heavy atom. The number of rotatable bonds is 6. The van der Waals surface area contributed by atoms with Gasteiger partial charge in [0.2, 0.25) is 0 Å². The molecule has 0 bridgehead atoms.